The SMILES string of the molecule is COc1ccc(OC(=O)N=C2C(F)CN(C(=O)Oc3ccc(OC)cc3)C(=O)N2C)cc1. The average molecular weight is 445 g/mol. The van der Waals surface area contributed by atoms with Gasteiger partial charge in [0.05, 0.1) is 20.8 Å². The fourth-order valence-electron chi connectivity index (χ4n) is 2.77. The summed E-state index contributed by atoms with van der Waals surface area (Å²) in [5.74, 6) is 0.917. The standard InChI is InChI=1S/C21H20FN3O7/c1-24-18(23-19(26)31-15-8-4-13(29-2)5-9-15)17(22)12-25(20(24)27)21(28)32-16-10-6-14(30-3)7-11-16/h4-11,17H,12H2,1-3H3. The van der Waals surface area contributed by atoms with Crippen molar-refractivity contribution >= 4 is 24.1 Å². The molecule has 0 bridgehead atoms. The summed E-state index contributed by atoms with van der Waals surface area (Å²) in [5, 5.41) is 0. The van der Waals surface area contributed by atoms with Crippen LogP contribution in [0.25, 0.3) is 0 Å². The van der Waals surface area contributed by atoms with Crippen molar-refractivity contribution in [1.82, 2.24) is 9.80 Å². The number of benzene rings is 2. The maximum absolute atomic E-state index is 14.7. The lowest BCUT2D eigenvalue weighted by atomic mass is 10.2. The summed E-state index contributed by atoms with van der Waals surface area (Å²) >= 11 is 0. The number of urea groups is 1. The van der Waals surface area contributed by atoms with Crippen LogP contribution < -0.4 is 18.9 Å². The molecule has 32 heavy (non-hydrogen) atoms. The smallest absolute Gasteiger partial charge is 0.440 e. The van der Waals surface area contributed by atoms with Crippen LogP contribution in [0.1, 0.15) is 0 Å². The predicted molar refractivity (Wildman–Crippen MR) is 110 cm³/mol. The van der Waals surface area contributed by atoms with Crippen LogP contribution in [0.3, 0.4) is 0 Å². The van der Waals surface area contributed by atoms with E-state index in [2.05, 4.69) is 4.99 Å². The summed E-state index contributed by atoms with van der Waals surface area (Å²) in [6.07, 6.45) is -4.12. The summed E-state index contributed by atoms with van der Waals surface area (Å²) in [4.78, 5) is 41.9. The van der Waals surface area contributed by atoms with Crippen molar-refractivity contribution in [3.05, 3.63) is 48.5 Å². The molecule has 0 aromatic heterocycles. The molecule has 0 spiro atoms. The quantitative estimate of drug-likeness (QED) is 0.709. The normalized spacial score (nSPS) is 17.2. The Balaban J connectivity index is 1.66. The molecule has 0 radical (unpaired) electrons. The second-order valence-corrected chi connectivity index (χ2v) is 6.48. The van der Waals surface area contributed by atoms with Crippen molar-refractivity contribution in [2.75, 3.05) is 27.8 Å². The number of amidine groups is 1. The number of alkyl halides is 1. The lowest BCUT2D eigenvalue weighted by molar-refractivity contribution is 0.128. The maximum Gasteiger partial charge on any atom is 0.440 e. The molecule has 1 unspecified atom stereocenters. The molecular formula is C21H20FN3O7. The first kappa shape index (κ1) is 22.5. The third-order valence-corrected chi connectivity index (χ3v) is 4.44. The third-order valence-electron chi connectivity index (χ3n) is 4.44. The lowest BCUT2D eigenvalue weighted by Gasteiger charge is -2.33. The number of amides is 4. The number of rotatable bonds is 4. The molecule has 0 N–H and O–H groups in total. The van der Waals surface area contributed by atoms with E-state index in [9.17, 15) is 18.8 Å². The minimum Gasteiger partial charge on any atom is -0.497 e. The van der Waals surface area contributed by atoms with Crippen LogP contribution in [0.15, 0.2) is 53.5 Å². The molecule has 1 aliphatic rings. The van der Waals surface area contributed by atoms with Gasteiger partial charge in [0.2, 0.25) is 0 Å². The van der Waals surface area contributed by atoms with Gasteiger partial charge in [-0.1, -0.05) is 0 Å². The Bertz CT molecular complexity index is 1020. The number of imide groups is 1. The number of ether oxygens (including phenoxy) is 4. The van der Waals surface area contributed by atoms with Gasteiger partial charge in [0.15, 0.2) is 12.0 Å². The van der Waals surface area contributed by atoms with Crippen molar-refractivity contribution in [2.45, 2.75) is 6.17 Å². The highest BCUT2D eigenvalue weighted by molar-refractivity contribution is 6.09. The minimum atomic E-state index is -1.93. The zero-order chi connectivity index (χ0) is 23.3. The minimum absolute atomic E-state index is 0.143. The molecule has 168 valence electrons. The highest BCUT2D eigenvalue weighted by Gasteiger charge is 2.40. The van der Waals surface area contributed by atoms with Crippen LogP contribution >= 0.6 is 0 Å². The molecule has 1 aliphatic heterocycles. The van der Waals surface area contributed by atoms with Gasteiger partial charge in [-0.2, -0.15) is 4.99 Å². The molecule has 0 saturated carbocycles. The number of hydrogen-bond acceptors (Lipinski definition) is 7. The molecule has 4 amide bonds. The van der Waals surface area contributed by atoms with Gasteiger partial charge in [0.25, 0.3) is 0 Å². The summed E-state index contributed by atoms with van der Waals surface area (Å²) < 4.78 is 34.8. The summed E-state index contributed by atoms with van der Waals surface area (Å²) in [6, 6.07) is 11.2. The van der Waals surface area contributed by atoms with E-state index in [1.165, 1.54) is 45.5 Å². The number of aliphatic imine (C=N–C) groups is 1. The largest absolute Gasteiger partial charge is 0.497 e. The van der Waals surface area contributed by atoms with E-state index in [1.54, 1.807) is 24.3 Å². The zero-order valence-electron chi connectivity index (χ0n) is 17.5. The maximum atomic E-state index is 14.7. The van der Waals surface area contributed by atoms with Crippen LogP contribution in [0.4, 0.5) is 18.8 Å². The molecule has 11 heteroatoms. The summed E-state index contributed by atoms with van der Waals surface area (Å²) in [5.41, 5.74) is 0. The summed E-state index contributed by atoms with van der Waals surface area (Å²) in [6.45, 7) is -0.674. The van der Waals surface area contributed by atoms with Crippen molar-refractivity contribution < 1.29 is 37.7 Å². The van der Waals surface area contributed by atoms with Crippen LogP contribution in [0.2, 0.25) is 0 Å². The van der Waals surface area contributed by atoms with E-state index in [-0.39, 0.29) is 11.5 Å². The molecule has 1 atom stereocenters. The van der Waals surface area contributed by atoms with E-state index < -0.39 is 36.8 Å². The van der Waals surface area contributed by atoms with E-state index in [4.69, 9.17) is 18.9 Å². The van der Waals surface area contributed by atoms with Crippen molar-refractivity contribution in [3.8, 4) is 23.0 Å². The Morgan fingerprint density at radius 1 is 0.906 bits per heavy atom. The molecular weight excluding hydrogens is 425 g/mol. The van der Waals surface area contributed by atoms with Gasteiger partial charge in [-0.25, -0.2) is 23.7 Å². The number of nitrogens with zero attached hydrogens (tertiary/aromatic N) is 3. The summed E-state index contributed by atoms with van der Waals surface area (Å²) in [7, 11) is 4.15. The van der Waals surface area contributed by atoms with Gasteiger partial charge < -0.3 is 18.9 Å². The van der Waals surface area contributed by atoms with Gasteiger partial charge in [-0.3, -0.25) is 4.90 Å². The van der Waals surface area contributed by atoms with E-state index >= 15 is 0 Å². The number of methoxy groups -OCH3 is 2. The zero-order valence-corrected chi connectivity index (χ0v) is 17.5. The van der Waals surface area contributed by atoms with Crippen LogP contribution in [0.5, 0.6) is 23.0 Å². The molecule has 1 fully saturated rings. The monoisotopic (exact) mass is 445 g/mol. The molecule has 2 aromatic carbocycles. The highest BCUT2D eigenvalue weighted by atomic mass is 19.1. The van der Waals surface area contributed by atoms with Crippen LogP contribution in [-0.2, 0) is 0 Å². The van der Waals surface area contributed by atoms with E-state index in [0.29, 0.717) is 16.4 Å². The van der Waals surface area contributed by atoms with Gasteiger partial charge in [0, 0.05) is 7.05 Å². The molecule has 1 saturated heterocycles. The fraction of sp³-hybridized carbons (Fsp3) is 0.238. The van der Waals surface area contributed by atoms with Crippen molar-refractivity contribution in [1.29, 1.82) is 0 Å². The Morgan fingerprint density at radius 3 is 1.88 bits per heavy atom. The Kier molecular flexibility index (Phi) is 6.88. The second-order valence-electron chi connectivity index (χ2n) is 6.48. The molecule has 1 heterocycles. The molecule has 3 rings (SSSR count). The predicted octanol–water partition coefficient (Wildman–Crippen LogP) is 3.51. The second kappa shape index (κ2) is 9.77. The van der Waals surface area contributed by atoms with Gasteiger partial charge in [0.1, 0.15) is 23.0 Å². The van der Waals surface area contributed by atoms with Gasteiger partial charge in [-0.15, -0.1) is 0 Å². The first-order valence-corrected chi connectivity index (χ1v) is 9.32. The van der Waals surface area contributed by atoms with Gasteiger partial charge >= 0.3 is 18.2 Å². The number of halogens is 1. The molecule has 2 aromatic rings. The Hall–Kier alpha value is -4.15. The first-order valence-electron chi connectivity index (χ1n) is 9.32. The number of carbonyl (C=O) groups is 3. The van der Waals surface area contributed by atoms with Crippen LogP contribution in [-0.4, -0.2) is 67.8 Å². The van der Waals surface area contributed by atoms with E-state index in [1.807, 2.05) is 0 Å². The highest BCUT2D eigenvalue weighted by Crippen LogP contribution is 2.21. The van der Waals surface area contributed by atoms with Crippen LogP contribution in [0, 0.1) is 0 Å². The van der Waals surface area contributed by atoms with E-state index in [0.717, 1.165) is 4.90 Å². The topological polar surface area (TPSA) is 107 Å². The third kappa shape index (κ3) is 5.12. The number of carbonyl (C=O) groups excluding carboxylic acids is 3. The molecule has 10 nitrogen and oxygen atoms in total. The first-order chi connectivity index (χ1) is 15.3. The van der Waals surface area contributed by atoms with Crippen molar-refractivity contribution in [2.24, 2.45) is 4.99 Å². The Morgan fingerprint density at radius 2 is 1.38 bits per heavy atom. The average Bonchev–Trinajstić information content (AvgIpc) is 2.80. The fourth-order valence-corrected chi connectivity index (χ4v) is 2.77. The molecule has 0 aliphatic carbocycles. The Labute approximate surface area is 182 Å². The van der Waals surface area contributed by atoms with Gasteiger partial charge in [-0.05, 0) is 48.5 Å². The van der Waals surface area contributed by atoms with Crippen molar-refractivity contribution in [3.63, 3.8) is 0 Å². The number of hydrogen-bond donors (Lipinski definition) is 0. The lowest BCUT2D eigenvalue weighted by Crippen LogP contribution is -2.58.